The van der Waals surface area contributed by atoms with Crippen molar-refractivity contribution in [1.29, 1.82) is 0 Å². The highest BCUT2D eigenvalue weighted by molar-refractivity contribution is 8.08. The number of hydrogen-bond donors (Lipinski definition) is 0. The normalized spacial score (nSPS) is 12.4. The zero-order valence-electron chi connectivity index (χ0n) is 14.1. The molecule has 4 aromatic carbocycles. The second-order valence-electron chi connectivity index (χ2n) is 6.04. The Balaban J connectivity index is 2.22. The molecule has 6 heteroatoms. The van der Waals surface area contributed by atoms with Gasteiger partial charge in [0.25, 0.3) is 0 Å². The summed E-state index contributed by atoms with van der Waals surface area (Å²) in [7, 11) is 5.67. The molecule has 0 saturated heterocycles. The van der Waals surface area contributed by atoms with Crippen molar-refractivity contribution in [2.24, 2.45) is 0 Å². The largest absolute Gasteiger partial charge is 0.496 e. The Bertz CT molecular complexity index is 1220. The van der Waals surface area contributed by atoms with Gasteiger partial charge in [-0.2, -0.15) is 0 Å². The highest BCUT2D eigenvalue weighted by atomic mass is 35.7. The van der Waals surface area contributed by atoms with Crippen LogP contribution in [-0.2, 0) is 10.0 Å². The van der Waals surface area contributed by atoms with Gasteiger partial charge in [0, 0.05) is 11.1 Å². The SMILES string of the molecule is COc1ccc2cc(F)ccc2c1-c1c(S(=O)Cl)ccc2cc(F)ccc12. The number of rotatable bonds is 3. The van der Waals surface area contributed by atoms with Crippen molar-refractivity contribution in [1.82, 2.24) is 0 Å². The lowest BCUT2D eigenvalue weighted by molar-refractivity contribution is 0.417. The molecule has 4 aromatic rings. The fraction of sp³-hybridized carbons (Fsp3) is 0.0476. The first-order chi connectivity index (χ1) is 13.0. The molecule has 4 rings (SSSR count). The summed E-state index contributed by atoms with van der Waals surface area (Å²) in [5.41, 5.74) is 1.21. The molecule has 1 atom stereocenters. The molecule has 0 amide bonds. The minimum Gasteiger partial charge on any atom is -0.496 e. The second kappa shape index (κ2) is 6.91. The van der Waals surface area contributed by atoms with Gasteiger partial charge < -0.3 is 4.74 Å². The van der Waals surface area contributed by atoms with E-state index in [2.05, 4.69) is 0 Å². The lowest BCUT2D eigenvalue weighted by Gasteiger charge is -2.17. The number of fused-ring (bicyclic) bond motifs is 2. The number of methoxy groups -OCH3 is 1. The molecular weight excluding hydrogens is 390 g/mol. The average molecular weight is 403 g/mol. The van der Waals surface area contributed by atoms with Crippen molar-refractivity contribution in [3.05, 3.63) is 72.3 Å². The Morgan fingerprint density at radius 1 is 0.815 bits per heavy atom. The van der Waals surface area contributed by atoms with Crippen LogP contribution in [0.5, 0.6) is 5.75 Å². The van der Waals surface area contributed by atoms with Crippen molar-refractivity contribution in [2.75, 3.05) is 7.11 Å². The van der Waals surface area contributed by atoms with Crippen LogP contribution in [0.3, 0.4) is 0 Å². The molecule has 0 aliphatic heterocycles. The van der Waals surface area contributed by atoms with E-state index in [0.717, 1.165) is 5.39 Å². The van der Waals surface area contributed by atoms with Gasteiger partial charge in [-0.25, -0.2) is 13.0 Å². The molecule has 0 bridgehead atoms. The van der Waals surface area contributed by atoms with Crippen LogP contribution in [0.4, 0.5) is 8.78 Å². The van der Waals surface area contributed by atoms with E-state index in [1.54, 1.807) is 36.4 Å². The summed E-state index contributed by atoms with van der Waals surface area (Å²) in [5, 5.41) is 2.70. The minimum atomic E-state index is -1.81. The lowest BCUT2D eigenvalue weighted by Crippen LogP contribution is -1.96. The van der Waals surface area contributed by atoms with Crippen LogP contribution in [0, 0.1) is 11.6 Å². The van der Waals surface area contributed by atoms with Gasteiger partial charge in [0.1, 0.15) is 27.4 Å². The van der Waals surface area contributed by atoms with Crippen molar-refractivity contribution < 1.29 is 17.7 Å². The first-order valence-corrected chi connectivity index (χ1v) is 10.0. The first kappa shape index (κ1) is 17.9. The predicted molar refractivity (Wildman–Crippen MR) is 106 cm³/mol. The Labute approximate surface area is 161 Å². The fourth-order valence-corrected chi connectivity index (χ4v) is 4.31. The maximum atomic E-state index is 13.7. The van der Waals surface area contributed by atoms with Crippen LogP contribution in [-0.4, -0.2) is 11.3 Å². The van der Waals surface area contributed by atoms with Crippen LogP contribution in [0.1, 0.15) is 0 Å². The van der Waals surface area contributed by atoms with Crippen molar-refractivity contribution >= 4 is 42.2 Å². The third kappa shape index (κ3) is 3.07. The van der Waals surface area contributed by atoms with Gasteiger partial charge in [0.2, 0.25) is 0 Å². The molecular formula is C21H13ClF2O2S. The Hall–Kier alpha value is -2.50. The molecule has 0 N–H and O–H groups in total. The summed E-state index contributed by atoms with van der Waals surface area (Å²) >= 11 is 0. The molecule has 136 valence electrons. The van der Waals surface area contributed by atoms with Gasteiger partial charge >= 0.3 is 0 Å². The molecule has 0 heterocycles. The first-order valence-electron chi connectivity index (χ1n) is 8.06. The van der Waals surface area contributed by atoms with Crippen LogP contribution in [0.2, 0.25) is 0 Å². The molecule has 0 saturated carbocycles. The van der Waals surface area contributed by atoms with Crippen LogP contribution < -0.4 is 4.74 Å². The van der Waals surface area contributed by atoms with E-state index >= 15 is 0 Å². The monoisotopic (exact) mass is 402 g/mol. The van der Waals surface area contributed by atoms with Crippen molar-refractivity contribution in [2.45, 2.75) is 4.90 Å². The van der Waals surface area contributed by atoms with Crippen LogP contribution >= 0.6 is 10.7 Å². The quantitative estimate of drug-likeness (QED) is 0.381. The number of ether oxygens (including phenoxy) is 1. The Morgan fingerprint density at radius 2 is 1.37 bits per heavy atom. The van der Waals surface area contributed by atoms with Crippen LogP contribution in [0.15, 0.2) is 65.6 Å². The number of hydrogen-bond acceptors (Lipinski definition) is 2. The zero-order valence-corrected chi connectivity index (χ0v) is 15.7. The van der Waals surface area contributed by atoms with Crippen molar-refractivity contribution in [3.8, 4) is 16.9 Å². The third-order valence-corrected chi connectivity index (χ3v) is 5.71. The maximum Gasteiger partial charge on any atom is 0.148 e. The number of benzene rings is 4. The van der Waals surface area contributed by atoms with E-state index in [1.807, 2.05) is 0 Å². The Morgan fingerprint density at radius 3 is 1.93 bits per heavy atom. The van der Waals surface area contributed by atoms with E-state index < -0.39 is 10.0 Å². The Kier molecular flexibility index (Phi) is 4.58. The van der Waals surface area contributed by atoms with E-state index in [1.165, 1.54) is 31.4 Å². The fourth-order valence-electron chi connectivity index (χ4n) is 3.38. The summed E-state index contributed by atoms with van der Waals surface area (Å²) in [6.07, 6.45) is 0. The second-order valence-corrected chi connectivity index (χ2v) is 7.76. The maximum absolute atomic E-state index is 13.7. The lowest BCUT2D eigenvalue weighted by atomic mass is 9.93. The van der Waals surface area contributed by atoms with Crippen molar-refractivity contribution in [3.63, 3.8) is 0 Å². The predicted octanol–water partition coefficient (Wildman–Crippen LogP) is 6.21. The topological polar surface area (TPSA) is 26.3 Å². The van der Waals surface area contributed by atoms with Gasteiger partial charge in [0.15, 0.2) is 0 Å². The smallest absolute Gasteiger partial charge is 0.148 e. The molecule has 2 nitrogen and oxygen atoms in total. The van der Waals surface area contributed by atoms with E-state index in [0.29, 0.717) is 37.9 Å². The molecule has 0 aliphatic carbocycles. The number of halogens is 3. The van der Waals surface area contributed by atoms with Gasteiger partial charge in [-0.3, -0.25) is 0 Å². The van der Waals surface area contributed by atoms with Gasteiger partial charge in [-0.15, -0.1) is 0 Å². The molecule has 0 radical (unpaired) electrons. The molecule has 0 fully saturated rings. The average Bonchev–Trinajstić information content (AvgIpc) is 2.65. The summed E-state index contributed by atoms with van der Waals surface area (Å²) in [6.45, 7) is 0. The summed E-state index contributed by atoms with van der Waals surface area (Å²) in [6, 6.07) is 15.5. The summed E-state index contributed by atoms with van der Waals surface area (Å²) < 4.78 is 45.2. The molecule has 0 aromatic heterocycles. The third-order valence-electron chi connectivity index (χ3n) is 4.53. The van der Waals surface area contributed by atoms with Gasteiger partial charge in [-0.1, -0.05) is 24.3 Å². The van der Waals surface area contributed by atoms with E-state index in [-0.39, 0.29) is 11.6 Å². The molecule has 0 spiro atoms. The molecule has 0 aliphatic rings. The minimum absolute atomic E-state index is 0.361. The van der Waals surface area contributed by atoms with Gasteiger partial charge in [-0.05, 0) is 68.6 Å². The van der Waals surface area contributed by atoms with Gasteiger partial charge in [0.05, 0.1) is 12.0 Å². The highest BCUT2D eigenvalue weighted by Gasteiger charge is 2.20. The zero-order chi connectivity index (χ0) is 19.1. The molecule has 27 heavy (non-hydrogen) atoms. The summed E-state index contributed by atoms with van der Waals surface area (Å²) in [5.74, 6) is -0.214. The van der Waals surface area contributed by atoms with E-state index in [4.69, 9.17) is 15.4 Å². The summed E-state index contributed by atoms with van der Waals surface area (Å²) in [4.78, 5) is 0.380. The highest BCUT2D eigenvalue weighted by Crippen LogP contribution is 2.44. The van der Waals surface area contributed by atoms with E-state index in [9.17, 15) is 13.0 Å². The standard InChI is InChI=1S/C21H13ClF2O2S/c1-26-18-8-2-12-10-14(23)4-6-16(12)20(18)21-17-7-5-15(24)11-13(17)3-9-19(21)27(22)25/h2-11H,1H3. The van der Waals surface area contributed by atoms with Crippen LogP contribution in [0.25, 0.3) is 32.7 Å². The molecule has 1 unspecified atom stereocenters.